The quantitative estimate of drug-likeness (QED) is 0.0486. The smallest absolute Gasteiger partial charge is 0.550 e. The summed E-state index contributed by atoms with van der Waals surface area (Å²) < 4.78 is 40.0. The molecule has 131 heavy (non-hydrogen) atoms. The third-order valence-corrected chi connectivity index (χ3v) is 27.1. The van der Waals surface area contributed by atoms with Crippen LogP contribution in [0.15, 0.2) is 236 Å². The summed E-state index contributed by atoms with van der Waals surface area (Å²) in [6, 6.07) is 65.3. The van der Waals surface area contributed by atoms with Crippen LogP contribution in [-0.4, -0.2) is 162 Å². The Balaban J connectivity index is 0.000000165. The van der Waals surface area contributed by atoms with Gasteiger partial charge in [-0.3, -0.25) is 38.6 Å². The number of nitrogens with zero attached hydrogens (tertiary/aromatic N) is 6. The van der Waals surface area contributed by atoms with Crippen LogP contribution in [0.5, 0.6) is 0 Å². The number of ether oxygens (including phenoxy) is 4. The molecule has 4 spiro atoms. The largest absolute Gasteiger partial charge is 1.00 e. The number of aliphatic carboxylic acids is 1. The Labute approximate surface area is 833 Å². The van der Waals surface area contributed by atoms with Crippen molar-refractivity contribution in [3.05, 3.63) is 259 Å². The molecule has 6 amide bonds. The van der Waals surface area contributed by atoms with Gasteiger partial charge in [-0.25, -0.2) is 19.2 Å². The second-order valence-corrected chi connectivity index (χ2v) is 38.0. The summed E-state index contributed by atoms with van der Waals surface area (Å²) >= 11 is 10.5. The van der Waals surface area contributed by atoms with E-state index in [2.05, 4.69) is 138 Å². The average molecular weight is 2000 g/mol. The molecular weight excluding hydrogens is 1890 g/mol. The minimum atomic E-state index is -1.08. The zero-order valence-corrected chi connectivity index (χ0v) is 83.1. The van der Waals surface area contributed by atoms with E-state index in [4.69, 9.17) is 49.8 Å². The Morgan fingerprint density at radius 2 is 0.870 bits per heavy atom. The second kappa shape index (κ2) is 46.7. The molecule has 0 bridgehead atoms. The van der Waals surface area contributed by atoms with Gasteiger partial charge in [0.15, 0.2) is 5.78 Å². The van der Waals surface area contributed by atoms with E-state index in [1.165, 1.54) is 75.9 Å². The van der Waals surface area contributed by atoms with E-state index in [0.717, 1.165) is 142 Å². The summed E-state index contributed by atoms with van der Waals surface area (Å²) in [5.74, 6) is -1.64. The number of carbonyl (C=O) groups is 8. The first-order valence-corrected chi connectivity index (χ1v) is 46.4. The first-order chi connectivity index (χ1) is 63.0. The van der Waals surface area contributed by atoms with Crippen molar-refractivity contribution in [3.8, 4) is 0 Å². The maximum atomic E-state index is 13.6. The zero-order chi connectivity index (χ0) is 93.7. The Kier molecular flexibility index (Phi) is 35.7. The SMILES string of the molecule is CC.CC(=O)[O-].COC(=O)N[C@H](C(=O)N1CC2(CC2)C[C@H]1C1=NC=C(c2ccc3cc(Br)ccc3c2)C1)C(C)C.C[C@@H]1CC2(CC2)CN1C(=O)OCc1ccccc1.O=C(CNC(=O)[C@@H]1CC2(CC2)CN1C(=O)OCc1ccccc1)c1ccc2cc(Br)ccc2c1.O=C(OCc1ccccc1)N1CC2(CC2)C[C@H]1C1=NC=C(c2ccc3cc(Br)ccc3c2)C1.O=C=O.[2H]CF.[K+]. The first kappa shape index (κ1) is 100. The molecule has 19 rings (SSSR count). The number of alkyl halides is 1. The number of likely N-dealkylation sites (tertiary alicyclic amines) is 4. The fourth-order valence-electron chi connectivity index (χ4n) is 17.9. The van der Waals surface area contributed by atoms with E-state index in [9.17, 15) is 38.0 Å². The van der Waals surface area contributed by atoms with E-state index in [1.54, 1.807) is 6.07 Å². The number of ketones is 1. The molecule has 0 unspecified atom stereocenters. The van der Waals surface area contributed by atoms with Gasteiger partial charge in [-0.05, 0) is 244 Å². The average Bonchev–Trinajstić information content (AvgIpc) is 1.58. The molecule has 8 fully saturated rings. The van der Waals surface area contributed by atoms with Crippen LogP contribution in [0.1, 0.15) is 171 Å². The van der Waals surface area contributed by atoms with Crippen LogP contribution in [0.4, 0.5) is 23.6 Å². The van der Waals surface area contributed by atoms with Crippen LogP contribution < -0.4 is 67.1 Å². The minimum absolute atomic E-state index is 0. The molecule has 0 radical (unpaired) electrons. The van der Waals surface area contributed by atoms with E-state index >= 15 is 0 Å². The van der Waals surface area contributed by atoms with Gasteiger partial charge in [0.05, 0.1) is 34.3 Å². The van der Waals surface area contributed by atoms with Crippen LogP contribution in [0.3, 0.4) is 0 Å². The van der Waals surface area contributed by atoms with Crippen molar-refractivity contribution in [3.63, 3.8) is 0 Å². The maximum Gasteiger partial charge on any atom is 1.00 e. The number of allylic oxidation sites excluding steroid dienone is 2. The van der Waals surface area contributed by atoms with E-state index in [1.807, 2.05) is 176 Å². The number of alkyl carbamates (subject to hydrolysis) is 1. The molecule has 4 aliphatic carbocycles. The zero-order valence-electron chi connectivity index (χ0n) is 76.3. The predicted octanol–water partition coefficient (Wildman–Crippen LogP) is 17.6. The third-order valence-electron chi connectivity index (χ3n) is 25.6. The van der Waals surface area contributed by atoms with Crippen molar-refractivity contribution in [2.24, 2.45) is 37.6 Å². The standard InChI is InChI=1S/C28H25BrN2O2.C27H30BrN3O3.C27H25BrN2O4.C15H19NO2.C2H4O2.C2H6.CH3F.CO2.K/c29-24-9-8-20-12-21(6-7-22(20)13-24)23-14-25(30-16-23)26-15-28(10-11-28)18-31(26)27(32)33-17-19-4-2-1-3-5-19;1-16(2)24(30-26(33)34-3)25(32)31-15-27(8-9-27)13-23(31)22-12-20(14-29-22)18-4-5-19-11-21(28)7-6-17(19)10-18;28-22-9-8-19-12-21(7-6-20(19)13-22)24(31)15-29-25(32)23-14-27(10-11-27)17-30(23)26(33)34-16-18-4-2-1-3-5-18;1-12-9-15(7-8-15)11-16(12)14(17)18-10-13-5-3-2-4-6-13;1-2(3)4;2*1-2;2-1-3;/h1-9,12-13,16,26H,10-11,14-15,17-18H2;4-7,10-11,14,16,23-24H,8-9,12-13,15H2,1-3H3,(H,30,33);1-9,12-13,23H,10-11,14-17H2,(H,29,32);2-6,12H,7-11H2,1H3;1H3,(H,3,4);1-2H3;1H3;;/q;;;;;;;;+1/p-1/t26-;23-,24-;23-;12-;;;;;/m0001...../s1/i;;;;;;1D;;. The number of carboxylic acids is 1. The first-order valence-electron chi connectivity index (χ1n) is 44.8. The minimum Gasteiger partial charge on any atom is -0.550 e. The molecule has 5 atom stereocenters. The van der Waals surface area contributed by atoms with Gasteiger partial charge in [0.2, 0.25) is 11.8 Å². The Morgan fingerprint density at radius 1 is 0.519 bits per heavy atom. The molecule has 2 N–H and O–H groups in total. The summed E-state index contributed by atoms with van der Waals surface area (Å²) in [6.45, 7) is 14.6. The van der Waals surface area contributed by atoms with Crippen molar-refractivity contribution in [1.82, 2.24) is 30.2 Å². The second-order valence-electron chi connectivity index (χ2n) is 35.3. The molecule has 0 aromatic heterocycles. The number of benzene rings is 9. The number of rotatable bonds is 17. The third kappa shape index (κ3) is 27.2. The van der Waals surface area contributed by atoms with Gasteiger partial charge in [0.25, 0.3) is 0 Å². The predicted molar refractivity (Wildman–Crippen MR) is 508 cm³/mol. The Bertz CT molecular complexity index is 5790. The van der Waals surface area contributed by atoms with Crippen LogP contribution >= 0.6 is 47.8 Å². The fourth-order valence-corrected chi connectivity index (χ4v) is 19.0. The van der Waals surface area contributed by atoms with E-state index in [0.29, 0.717) is 43.2 Å². The summed E-state index contributed by atoms with van der Waals surface area (Å²) in [5, 5.41) is 21.2. The van der Waals surface area contributed by atoms with Gasteiger partial charge in [-0.15, -0.1) is 0 Å². The Hall–Kier alpha value is -9.87. The molecule has 682 valence electrons. The van der Waals surface area contributed by atoms with Gasteiger partial charge in [0.1, 0.15) is 31.9 Å². The van der Waals surface area contributed by atoms with Gasteiger partial charge >= 0.3 is 81.9 Å². The summed E-state index contributed by atoms with van der Waals surface area (Å²) in [5.41, 5.74) is 11.3. The van der Waals surface area contributed by atoms with Crippen molar-refractivity contribution in [1.29, 1.82) is 0 Å². The van der Waals surface area contributed by atoms with Crippen molar-refractivity contribution >= 4 is 157 Å². The van der Waals surface area contributed by atoms with Crippen LogP contribution in [-0.2, 0) is 62.7 Å². The number of carboxylic acid groups (broad SMARTS) is 1. The van der Waals surface area contributed by atoms with Gasteiger partial charge in [0, 0.05) is 93.8 Å². The van der Waals surface area contributed by atoms with Gasteiger partial charge < -0.3 is 49.3 Å². The molecule has 9 aromatic rings. The number of amides is 6. The summed E-state index contributed by atoms with van der Waals surface area (Å²) in [7, 11) is 0.321. The number of hydrogen-bond donors (Lipinski definition) is 2. The molecule has 23 nitrogen and oxygen atoms in total. The Morgan fingerprint density at radius 3 is 1.28 bits per heavy atom. The maximum absolute atomic E-state index is 13.6. The van der Waals surface area contributed by atoms with E-state index in [-0.39, 0.29) is 135 Å². The van der Waals surface area contributed by atoms with Crippen LogP contribution in [0.25, 0.3) is 43.5 Å². The number of halogens is 4. The summed E-state index contributed by atoms with van der Waals surface area (Å²) in [6.07, 6.45) is 17.2. The van der Waals surface area contributed by atoms with Crippen LogP contribution in [0.2, 0.25) is 0 Å². The van der Waals surface area contributed by atoms with Gasteiger partial charge in [-0.1, -0.05) is 221 Å². The molecule has 4 saturated carbocycles. The molecule has 6 heterocycles. The monoisotopic (exact) mass is 2000 g/mol. The number of hydrogen-bond acceptors (Lipinski definition) is 17. The fraction of sp³-hybridized carbons (Fsp3) is 0.388. The van der Waals surface area contributed by atoms with Gasteiger partial charge in [-0.2, -0.15) is 9.59 Å². The van der Waals surface area contributed by atoms with Crippen molar-refractivity contribution in [2.45, 2.75) is 181 Å². The number of fused-ring (bicyclic) bond motifs is 3. The number of Topliss-reactive ketones (excluding diaryl/α,β-unsaturated/α-hetero) is 1. The molecule has 9 aromatic carbocycles. The topological polar surface area (TPSA) is 292 Å². The molecule has 10 aliphatic rings. The normalized spacial score (nSPS) is 19.3. The molecule has 4 saturated heterocycles. The van der Waals surface area contributed by atoms with Crippen molar-refractivity contribution < 1.29 is 129 Å². The number of nitrogens with one attached hydrogen (secondary N) is 2. The molecule has 28 heteroatoms. The number of aliphatic imine (C=N–C) groups is 2. The molecular formula is C103H111Br3FKN8O15. The van der Waals surface area contributed by atoms with Crippen LogP contribution in [0, 0.1) is 27.6 Å². The number of carbonyl (C=O) groups excluding carboxylic acids is 10. The molecule has 6 aliphatic heterocycles. The van der Waals surface area contributed by atoms with E-state index < -0.39 is 37.4 Å². The summed E-state index contributed by atoms with van der Waals surface area (Å²) in [4.78, 5) is 131. The number of methoxy groups -OCH3 is 1. The van der Waals surface area contributed by atoms with Crippen molar-refractivity contribution in [2.75, 3.05) is 47.0 Å².